The Hall–Kier alpha value is -1.82. The third kappa shape index (κ3) is 4.72. The number of hydrogen-bond donors (Lipinski definition) is 1. The Kier molecular flexibility index (Phi) is 6.25. The van der Waals surface area contributed by atoms with E-state index in [1.807, 2.05) is 30.3 Å². The summed E-state index contributed by atoms with van der Waals surface area (Å²) in [6.07, 6.45) is 1.04. The van der Waals surface area contributed by atoms with Crippen molar-refractivity contribution in [3.8, 4) is 0 Å². The number of hydrogen-bond acceptors (Lipinski definition) is 4. The van der Waals surface area contributed by atoms with Gasteiger partial charge >= 0.3 is 0 Å². The van der Waals surface area contributed by atoms with Gasteiger partial charge in [-0.25, -0.2) is 0 Å². The normalized spacial score (nSPS) is 17.3. The molecule has 0 fully saturated rings. The van der Waals surface area contributed by atoms with Gasteiger partial charge in [-0.05, 0) is 48.2 Å². The summed E-state index contributed by atoms with van der Waals surface area (Å²) in [7, 11) is 0. The van der Waals surface area contributed by atoms with E-state index in [9.17, 15) is 10.1 Å². The lowest BCUT2D eigenvalue weighted by atomic mass is 10.0. The Morgan fingerprint density at radius 2 is 1.93 bits per heavy atom. The van der Waals surface area contributed by atoms with E-state index in [4.69, 9.17) is 23.2 Å². The summed E-state index contributed by atoms with van der Waals surface area (Å²) >= 11 is 12.2. The maximum absolute atomic E-state index is 11.5. The van der Waals surface area contributed by atoms with Gasteiger partial charge in [-0.3, -0.25) is 15.0 Å². The molecule has 0 bridgehead atoms. The van der Waals surface area contributed by atoms with Crippen LogP contribution in [0.15, 0.2) is 36.4 Å². The predicted octanol–water partition coefficient (Wildman–Crippen LogP) is 5.92. The van der Waals surface area contributed by atoms with Gasteiger partial charge in [-0.2, -0.15) is 0 Å². The lowest BCUT2D eigenvalue weighted by Gasteiger charge is -2.30. The summed E-state index contributed by atoms with van der Waals surface area (Å²) in [5, 5.41) is 15.9. The fourth-order valence-electron chi connectivity index (χ4n) is 3.45. The quantitative estimate of drug-likeness (QED) is 0.493. The van der Waals surface area contributed by atoms with Crippen molar-refractivity contribution in [2.75, 3.05) is 18.4 Å². The molecule has 0 radical (unpaired) electrons. The molecule has 0 aliphatic carbocycles. The van der Waals surface area contributed by atoms with Crippen molar-refractivity contribution in [2.24, 2.45) is 5.92 Å². The molecule has 1 unspecified atom stereocenters. The predicted molar refractivity (Wildman–Crippen MR) is 111 cm³/mol. The molecule has 144 valence electrons. The number of nitrogens with zero attached hydrogens (tertiary/aromatic N) is 2. The topological polar surface area (TPSA) is 58.4 Å². The van der Waals surface area contributed by atoms with E-state index in [1.54, 1.807) is 0 Å². The van der Waals surface area contributed by atoms with Crippen molar-refractivity contribution < 1.29 is 4.92 Å². The number of nitrogens with one attached hydrogen (secondary N) is 1. The number of nitro groups is 1. The molecule has 3 rings (SSSR count). The first-order valence-electron chi connectivity index (χ1n) is 9.05. The summed E-state index contributed by atoms with van der Waals surface area (Å²) in [5.74, 6) is 0.570. The average Bonchev–Trinajstić information content (AvgIpc) is 2.79. The molecule has 0 saturated heterocycles. The average molecular weight is 408 g/mol. The molecule has 1 atom stereocenters. The Bertz CT molecular complexity index is 825. The van der Waals surface area contributed by atoms with Crippen LogP contribution in [0.3, 0.4) is 0 Å². The van der Waals surface area contributed by atoms with Crippen molar-refractivity contribution in [2.45, 2.75) is 32.9 Å². The maximum atomic E-state index is 11.5. The molecule has 1 aliphatic rings. The van der Waals surface area contributed by atoms with Crippen molar-refractivity contribution in [1.82, 2.24) is 4.90 Å². The summed E-state index contributed by atoms with van der Waals surface area (Å²) in [6.45, 7) is 6.47. The van der Waals surface area contributed by atoms with Crippen LogP contribution in [0.2, 0.25) is 10.0 Å². The van der Waals surface area contributed by atoms with Crippen molar-refractivity contribution in [3.63, 3.8) is 0 Å². The number of nitro benzene ring substituents is 1. The lowest BCUT2D eigenvalue weighted by Crippen LogP contribution is -2.32. The Morgan fingerprint density at radius 3 is 2.56 bits per heavy atom. The molecular formula is C20H23Cl2N3O2. The largest absolute Gasteiger partial charge is 0.377 e. The first-order valence-corrected chi connectivity index (χ1v) is 9.81. The van der Waals surface area contributed by atoms with Crippen LogP contribution >= 0.6 is 23.2 Å². The third-order valence-electron chi connectivity index (χ3n) is 4.90. The summed E-state index contributed by atoms with van der Waals surface area (Å²) in [4.78, 5) is 13.5. The molecule has 5 nitrogen and oxygen atoms in total. The van der Waals surface area contributed by atoms with Crippen LogP contribution in [0.1, 0.15) is 37.4 Å². The Balaban J connectivity index is 1.99. The van der Waals surface area contributed by atoms with Gasteiger partial charge in [0.2, 0.25) is 0 Å². The number of halogens is 2. The third-order valence-corrected chi connectivity index (χ3v) is 5.37. The molecule has 0 amide bonds. The molecule has 1 heterocycles. The minimum atomic E-state index is -0.376. The van der Waals surface area contributed by atoms with E-state index in [1.165, 1.54) is 6.07 Å². The van der Waals surface area contributed by atoms with Gasteiger partial charge in [0.15, 0.2) is 0 Å². The van der Waals surface area contributed by atoms with E-state index < -0.39 is 0 Å². The first kappa shape index (κ1) is 19.9. The van der Waals surface area contributed by atoms with E-state index in [0.717, 1.165) is 24.1 Å². The van der Waals surface area contributed by atoms with Gasteiger partial charge in [0.05, 0.1) is 11.0 Å². The van der Waals surface area contributed by atoms with Crippen LogP contribution in [0.5, 0.6) is 0 Å². The SMILES string of the molecule is CC(C)CCN1Cc2cc(Cl)cc([N+](=O)[O-])c2NCC1c1ccc(Cl)cc1. The summed E-state index contributed by atoms with van der Waals surface area (Å²) in [6, 6.07) is 11.1. The second kappa shape index (κ2) is 8.46. The van der Waals surface area contributed by atoms with Crippen LogP contribution in [0, 0.1) is 16.0 Å². The smallest absolute Gasteiger partial charge is 0.294 e. The summed E-state index contributed by atoms with van der Waals surface area (Å²) < 4.78 is 0. The monoisotopic (exact) mass is 407 g/mol. The van der Waals surface area contributed by atoms with Gasteiger partial charge in [0.1, 0.15) is 5.69 Å². The highest BCUT2D eigenvalue weighted by Gasteiger charge is 2.29. The zero-order valence-corrected chi connectivity index (χ0v) is 16.9. The van der Waals surface area contributed by atoms with Gasteiger partial charge in [-0.15, -0.1) is 0 Å². The van der Waals surface area contributed by atoms with Gasteiger partial charge < -0.3 is 5.32 Å². The van der Waals surface area contributed by atoms with Crippen LogP contribution in [-0.4, -0.2) is 22.9 Å². The summed E-state index contributed by atoms with van der Waals surface area (Å²) in [5.41, 5.74) is 2.58. The van der Waals surface area contributed by atoms with Crippen molar-refractivity contribution >= 4 is 34.6 Å². The van der Waals surface area contributed by atoms with Crippen LogP contribution in [-0.2, 0) is 6.54 Å². The van der Waals surface area contributed by atoms with Crippen molar-refractivity contribution in [1.29, 1.82) is 0 Å². The van der Waals surface area contributed by atoms with Crippen LogP contribution < -0.4 is 5.32 Å². The van der Waals surface area contributed by atoms with E-state index in [2.05, 4.69) is 24.1 Å². The van der Waals surface area contributed by atoms with Gasteiger partial charge in [-0.1, -0.05) is 49.2 Å². The fraction of sp³-hybridized carbons (Fsp3) is 0.400. The zero-order chi connectivity index (χ0) is 19.6. The Labute approximate surface area is 169 Å². The number of rotatable bonds is 5. The molecule has 1 aliphatic heterocycles. The van der Waals surface area contributed by atoms with Crippen LogP contribution in [0.4, 0.5) is 11.4 Å². The van der Waals surface area contributed by atoms with Crippen LogP contribution in [0.25, 0.3) is 0 Å². The van der Waals surface area contributed by atoms with Gasteiger partial charge in [0.25, 0.3) is 5.69 Å². The highest BCUT2D eigenvalue weighted by atomic mass is 35.5. The minimum absolute atomic E-state index is 0.0260. The van der Waals surface area contributed by atoms with E-state index in [0.29, 0.717) is 34.7 Å². The second-order valence-electron chi connectivity index (χ2n) is 7.32. The molecule has 2 aromatic rings. The van der Waals surface area contributed by atoms with E-state index in [-0.39, 0.29) is 16.7 Å². The number of anilines is 1. The molecular weight excluding hydrogens is 385 g/mol. The van der Waals surface area contributed by atoms with Crippen molar-refractivity contribution in [3.05, 3.63) is 67.7 Å². The lowest BCUT2D eigenvalue weighted by molar-refractivity contribution is -0.384. The highest BCUT2D eigenvalue weighted by Crippen LogP contribution is 2.38. The Morgan fingerprint density at radius 1 is 1.22 bits per heavy atom. The number of benzene rings is 2. The fourth-order valence-corrected chi connectivity index (χ4v) is 3.81. The molecule has 0 aromatic heterocycles. The van der Waals surface area contributed by atoms with Gasteiger partial charge in [0, 0.05) is 29.2 Å². The minimum Gasteiger partial charge on any atom is -0.377 e. The number of fused-ring (bicyclic) bond motifs is 1. The van der Waals surface area contributed by atoms with E-state index >= 15 is 0 Å². The molecule has 2 aromatic carbocycles. The molecule has 0 spiro atoms. The highest BCUT2D eigenvalue weighted by molar-refractivity contribution is 6.31. The zero-order valence-electron chi connectivity index (χ0n) is 15.4. The molecule has 27 heavy (non-hydrogen) atoms. The second-order valence-corrected chi connectivity index (χ2v) is 8.19. The molecule has 0 saturated carbocycles. The first-order chi connectivity index (χ1) is 12.8. The maximum Gasteiger partial charge on any atom is 0.294 e. The standard InChI is InChI=1S/C20H23Cl2N3O2/c1-13(2)7-8-24-12-15-9-17(22)10-18(25(26)27)20(15)23-11-19(24)14-3-5-16(21)6-4-14/h3-6,9-10,13,19,23H,7-8,11-12H2,1-2H3. The molecule has 7 heteroatoms. The molecule has 1 N–H and O–H groups in total.